The molecule has 0 saturated heterocycles. The van der Waals surface area contributed by atoms with Gasteiger partial charge in [0.2, 0.25) is 5.91 Å². The van der Waals surface area contributed by atoms with Crippen molar-refractivity contribution < 1.29 is 22.7 Å². The Morgan fingerprint density at radius 2 is 1.78 bits per heavy atom. The van der Waals surface area contributed by atoms with Gasteiger partial charge in [0.15, 0.2) is 11.5 Å². The first-order valence-electron chi connectivity index (χ1n) is 6.90. The number of methoxy groups -OCH3 is 2. The third-order valence-corrected chi connectivity index (χ3v) is 4.69. The molecule has 1 amide bonds. The molecule has 0 aliphatic carbocycles. The molecule has 0 aliphatic heterocycles. The minimum atomic E-state index is -3.52. The lowest BCUT2D eigenvalue weighted by molar-refractivity contribution is -0.116. The summed E-state index contributed by atoms with van der Waals surface area (Å²) >= 11 is 0. The predicted octanol–water partition coefficient (Wildman–Crippen LogP) is 0.453. The zero-order valence-corrected chi connectivity index (χ0v) is 14.8. The van der Waals surface area contributed by atoms with E-state index in [1.165, 1.54) is 40.1 Å². The van der Waals surface area contributed by atoms with Gasteiger partial charge in [-0.15, -0.1) is 0 Å². The Morgan fingerprint density at radius 1 is 1.17 bits per heavy atom. The summed E-state index contributed by atoms with van der Waals surface area (Å²) in [7, 11) is 2.36. The summed E-state index contributed by atoms with van der Waals surface area (Å²) in [5.74, 6) is 0.833. The number of hydrogen-bond donors (Lipinski definition) is 1. The zero-order chi connectivity index (χ0) is 17.6. The highest BCUT2D eigenvalue weighted by atomic mass is 32.2. The lowest BCUT2D eigenvalue weighted by Gasteiger charge is -2.23. The number of nitrogens with zero attached hydrogens (tertiary/aromatic N) is 2. The van der Waals surface area contributed by atoms with Crippen LogP contribution in [-0.4, -0.2) is 60.0 Å². The van der Waals surface area contributed by atoms with Crippen LogP contribution in [0.1, 0.15) is 6.92 Å². The molecule has 1 rings (SSSR count). The van der Waals surface area contributed by atoms with E-state index in [0.29, 0.717) is 17.2 Å². The van der Waals surface area contributed by atoms with Gasteiger partial charge in [-0.05, 0) is 12.1 Å². The van der Waals surface area contributed by atoms with Crippen LogP contribution >= 0.6 is 0 Å². The summed E-state index contributed by atoms with van der Waals surface area (Å²) in [5.41, 5.74) is 0.596. The highest BCUT2D eigenvalue weighted by Gasteiger charge is 2.17. The van der Waals surface area contributed by atoms with E-state index in [-0.39, 0.29) is 19.0 Å². The van der Waals surface area contributed by atoms with Gasteiger partial charge in [0.25, 0.3) is 10.2 Å². The van der Waals surface area contributed by atoms with Crippen LogP contribution in [-0.2, 0) is 15.0 Å². The Morgan fingerprint density at radius 3 is 2.26 bits per heavy atom. The molecule has 0 fully saturated rings. The predicted molar refractivity (Wildman–Crippen MR) is 88.2 cm³/mol. The summed E-state index contributed by atoms with van der Waals surface area (Å²) in [6, 6.07) is 5.07. The number of carbonyl (C=O) groups is 1. The van der Waals surface area contributed by atoms with Crippen molar-refractivity contribution in [3.8, 4) is 11.5 Å². The van der Waals surface area contributed by atoms with Crippen LogP contribution in [0.2, 0.25) is 0 Å². The second-order valence-corrected chi connectivity index (χ2v) is 6.86. The number of ether oxygens (including phenoxy) is 2. The highest BCUT2D eigenvalue weighted by molar-refractivity contribution is 7.87. The molecule has 0 heterocycles. The van der Waals surface area contributed by atoms with Crippen LogP contribution in [0.15, 0.2) is 18.2 Å². The Balaban J connectivity index is 2.90. The van der Waals surface area contributed by atoms with Gasteiger partial charge in [0, 0.05) is 45.9 Å². The van der Waals surface area contributed by atoms with Crippen LogP contribution in [0.25, 0.3) is 0 Å². The number of benzene rings is 1. The van der Waals surface area contributed by atoms with Gasteiger partial charge in [-0.2, -0.15) is 12.7 Å². The molecular weight excluding hydrogens is 322 g/mol. The van der Waals surface area contributed by atoms with E-state index in [2.05, 4.69) is 4.72 Å². The molecule has 0 unspecified atom stereocenters. The van der Waals surface area contributed by atoms with E-state index in [4.69, 9.17) is 9.47 Å². The molecule has 0 bridgehead atoms. The standard InChI is InChI=1S/C14H23N3O5S/c1-11(18)17(9-8-15-23(19,20)16(2)3)12-6-7-13(21-4)14(10-12)22-5/h6-7,10,15H,8-9H2,1-5H3. The van der Waals surface area contributed by atoms with Gasteiger partial charge in [0.1, 0.15) is 0 Å². The quantitative estimate of drug-likeness (QED) is 0.739. The summed E-state index contributed by atoms with van der Waals surface area (Å²) in [5, 5.41) is 0. The molecule has 0 aliphatic rings. The molecule has 0 atom stereocenters. The monoisotopic (exact) mass is 345 g/mol. The molecule has 0 aromatic heterocycles. The lowest BCUT2D eigenvalue weighted by atomic mass is 10.2. The number of hydrogen-bond acceptors (Lipinski definition) is 5. The molecule has 23 heavy (non-hydrogen) atoms. The van der Waals surface area contributed by atoms with Gasteiger partial charge >= 0.3 is 0 Å². The van der Waals surface area contributed by atoms with Crippen molar-refractivity contribution in [2.75, 3.05) is 46.3 Å². The van der Waals surface area contributed by atoms with Crippen LogP contribution in [0.4, 0.5) is 5.69 Å². The van der Waals surface area contributed by atoms with E-state index < -0.39 is 10.2 Å². The number of rotatable bonds is 8. The first-order chi connectivity index (χ1) is 10.7. The number of anilines is 1. The van der Waals surface area contributed by atoms with Crippen molar-refractivity contribution in [2.45, 2.75) is 6.92 Å². The average molecular weight is 345 g/mol. The van der Waals surface area contributed by atoms with Gasteiger partial charge in [0.05, 0.1) is 14.2 Å². The van der Waals surface area contributed by atoms with Crippen LogP contribution in [0, 0.1) is 0 Å². The van der Waals surface area contributed by atoms with E-state index in [9.17, 15) is 13.2 Å². The lowest BCUT2D eigenvalue weighted by Crippen LogP contribution is -2.41. The molecule has 1 aromatic carbocycles. The van der Waals surface area contributed by atoms with E-state index in [1.807, 2.05) is 0 Å². The van der Waals surface area contributed by atoms with E-state index in [0.717, 1.165) is 4.31 Å². The highest BCUT2D eigenvalue weighted by Crippen LogP contribution is 2.31. The Kier molecular flexibility index (Phi) is 6.79. The third kappa shape index (κ3) is 5.08. The number of carbonyl (C=O) groups excluding carboxylic acids is 1. The molecule has 130 valence electrons. The second kappa shape index (κ2) is 8.14. The first-order valence-corrected chi connectivity index (χ1v) is 8.34. The molecule has 0 saturated carbocycles. The maximum Gasteiger partial charge on any atom is 0.278 e. The molecule has 8 nitrogen and oxygen atoms in total. The largest absolute Gasteiger partial charge is 0.493 e. The van der Waals surface area contributed by atoms with Crippen molar-refractivity contribution in [1.82, 2.24) is 9.03 Å². The smallest absolute Gasteiger partial charge is 0.278 e. The van der Waals surface area contributed by atoms with Crippen LogP contribution in [0.5, 0.6) is 11.5 Å². The topological polar surface area (TPSA) is 88.2 Å². The first kappa shape index (κ1) is 19.2. The van der Waals surface area contributed by atoms with Gasteiger partial charge in [-0.1, -0.05) is 0 Å². The van der Waals surface area contributed by atoms with Crippen LogP contribution < -0.4 is 19.1 Å². The Bertz CT molecular complexity index is 646. The fourth-order valence-corrected chi connectivity index (χ4v) is 2.48. The van der Waals surface area contributed by atoms with Crippen LogP contribution in [0.3, 0.4) is 0 Å². The van der Waals surface area contributed by atoms with E-state index in [1.54, 1.807) is 18.2 Å². The summed E-state index contributed by atoms with van der Waals surface area (Å²) < 4.78 is 37.2. The summed E-state index contributed by atoms with van der Waals surface area (Å²) in [6.07, 6.45) is 0. The molecule has 1 aromatic rings. The molecular formula is C14H23N3O5S. The van der Waals surface area contributed by atoms with Crippen molar-refractivity contribution in [3.63, 3.8) is 0 Å². The van der Waals surface area contributed by atoms with Gasteiger partial charge in [-0.3, -0.25) is 4.79 Å². The average Bonchev–Trinajstić information content (AvgIpc) is 2.50. The molecule has 0 spiro atoms. The fraction of sp³-hybridized carbons (Fsp3) is 0.500. The minimum absolute atomic E-state index is 0.0917. The summed E-state index contributed by atoms with van der Waals surface area (Å²) in [4.78, 5) is 13.3. The van der Waals surface area contributed by atoms with Gasteiger partial charge < -0.3 is 14.4 Å². The SMILES string of the molecule is COc1ccc(N(CCNS(=O)(=O)N(C)C)C(C)=O)cc1OC. The zero-order valence-electron chi connectivity index (χ0n) is 14.0. The molecule has 0 radical (unpaired) electrons. The number of amides is 1. The van der Waals surface area contributed by atoms with E-state index >= 15 is 0 Å². The Labute approximate surface area is 137 Å². The van der Waals surface area contributed by atoms with Crippen molar-refractivity contribution in [2.24, 2.45) is 0 Å². The second-order valence-electron chi connectivity index (χ2n) is 4.89. The van der Waals surface area contributed by atoms with Crippen molar-refractivity contribution >= 4 is 21.8 Å². The normalized spacial score (nSPS) is 11.4. The van der Waals surface area contributed by atoms with Gasteiger partial charge in [-0.25, -0.2) is 4.72 Å². The maximum absolute atomic E-state index is 11.9. The number of nitrogens with one attached hydrogen (secondary N) is 1. The summed E-state index contributed by atoms with van der Waals surface area (Å²) in [6.45, 7) is 1.70. The fourth-order valence-electron chi connectivity index (χ4n) is 1.88. The Hall–Kier alpha value is -1.84. The third-order valence-electron chi connectivity index (χ3n) is 3.16. The minimum Gasteiger partial charge on any atom is -0.493 e. The maximum atomic E-state index is 11.9. The molecule has 9 heteroatoms. The van der Waals surface area contributed by atoms with Crippen molar-refractivity contribution in [1.29, 1.82) is 0 Å². The molecule has 1 N–H and O–H groups in total. The van der Waals surface area contributed by atoms with Crippen molar-refractivity contribution in [3.05, 3.63) is 18.2 Å².